The van der Waals surface area contributed by atoms with Crippen molar-refractivity contribution in [3.8, 4) is 0 Å². The maximum atomic E-state index is 13.0. The Bertz CT molecular complexity index is 682. The average molecular weight is 393 g/mol. The van der Waals surface area contributed by atoms with Crippen LogP contribution in [0.15, 0.2) is 24.3 Å². The van der Waals surface area contributed by atoms with E-state index in [0.717, 1.165) is 31.7 Å². The predicted molar refractivity (Wildman–Crippen MR) is 108 cm³/mol. The number of rotatable bonds is 7. The monoisotopic (exact) mass is 392 g/mol. The molecular formula is C20H29ClN4O2. The first kappa shape index (κ1) is 20.0. The van der Waals surface area contributed by atoms with Crippen molar-refractivity contribution in [2.45, 2.75) is 19.3 Å². The molecule has 3 rings (SSSR count). The molecule has 1 aromatic carbocycles. The van der Waals surface area contributed by atoms with Gasteiger partial charge in [-0.15, -0.1) is 0 Å². The van der Waals surface area contributed by atoms with E-state index in [0.29, 0.717) is 37.5 Å². The SMILES string of the molecule is CN(C)CCCNC(=O)C1(C(=O)N2CCN(c3cccc(Cl)c3)CC2)CC1. The molecule has 0 spiro atoms. The third-order valence-corrected chi connectivity index (χ3v) is 5.64. The van der Waals surface area contributed by atoms with Crippen molar-refractivity contribution in [2.75, 3.05) is 58.3 Å². The largest absolute Gasteiger partial charge is 0.368 e. The molecule has 2 fully saturated rings. The first-order valence-corrected chi connectivity index (χ1v) is 10.0. The van der Waals surface area contributed by atoms with Crippen molar-refractivity contribution >= 4 is 29.1 Å². The molecule has 7 heteroatoms. The first-order valence-electron chi connectivity index (χ1n) is 9.65. The summed E-state index contributed by atoms with van der Waals surface area (Å²) in [4.78, 5) is 31.7. The third-order valence-electron chi connectivity index (χ3n) is 5.40. The minimum Gasteiger partial charge on any atom is -0.368 e. The van der Waals surface area contributed by atoms with Gasteiger partial charge in [0.25, 0.3) is 0 Å². The summed E-state index contributed by atoms with van der Waals surface area (Å²) in [6.07, 6.45) is 2.22. The maximum absolute atomic E-state index is 13.0. The van der Waals surface area contributed by atoms with Crippen LogP contribution in [0.2, 0.25) is 5.02 Å². The van der Waals surface area contributed by atoms with Crippen molar-refractivity contribution in [3.05, 3.63) is 29.3 Å². The summed E-state index contributed by atoms with van der Waals surface area (Å²) >= 11 is 6.08. The van der Waals surface area contributed by atoms with Crippen LogP contribution in [0.5, 0.6) is 0 Å². The molecule has 148 valence electrons. The van der Waals surface area contributed by atoms with E-state index < -0.39 is 5.41 Å². The zero-order chi connectivity index (χ0) is 19.4. The molecule has 1 N–H and O–H groups in total. The van der Waals surface area contributed by atoms with Crippen LogP contribution in [0, 0.1) is 5.41 Å². The summed E-state index contributed by atoms with van der Waals surface area (Å²) in [5.41, 5.74) is 0.269. The number of hydrogen-bond donors (Lipinski definition) is 1. The van der Waals surface area contributed by atoms with Crippen LogP contribution in [0.25, 0.3) is 0 Å². The van der Waals surface area contributed by atoms with Crippen molar-refractivity contribution in [1.29, 1.82) is 0 Å². The van der Waals surface area contributed by atoms with Gasteiger partial charge in [0.1, 0.15) is 5.41 Å². The molecule has 6 nitrogen and oxygen atoms in total. The molecule has 0 atom stereocenters. The normalized spacial score (nSPS) is 18.5. The lowest BCUT2D eigenvalue weighted by Crippen LogP contribution is -2.53. The Morgan fingerprint density at radius 3 is 2.48 bits per heavy atom. The molecule has 0 unspecified atom stereocenters. The highest BCUT2D eigenvalue weighted by atomic mass is 35.5. The zero-order valence-corrected chi connectivity index (χ0v) is 17.0. The van der Waals surface area contributed by atoms with Gasteiger partial charge >= 0.3 is 0 Å². The zero-order valence-electron chi connectivity index (χ0n) is 16.2. The van der Waals surface area contributed by atoms with Crippen molar-refractivity contribution in [2.24, 2.45) is 5.41 Å². The molecule has 1 aromatic rings. The number of anilines is 1. The molecule has 2 aliphatic rings. The Balaban J connectivity index is 1.50. The fraction of sp³-hybridized carbons (Fsp3) is 0.600. The molecule has 0 bridgehead atoms. The Hall–Kier alpha value is -1.79. The number of nitrogens with zero attached hydrogens (tertiary/aromatic N) is 3. The molecule has 1 aliphatic carbocycles. The molecule has 1 saturated carbocycles. The van der Waals surface area contributed by atoms with Crippen LogP contribution in [-0.4, -0.2) is 75.0 Å². The molecule has 1 heterocycles. The van der Waals surface area contributed by atoms with Crippen LogP contribution in [-0.2, 0) is 9.59 Å². The van der Waals surface area contributed by atoms with Crippen LogP contribution in [0.4, 0.5) is 5.69 Å². The van der Waals surface area contributed by atoms with Gasteiger partial charge in [0.2, 0.25) is 11.8 Å². The smallest absolute Gasteiger partial charge is 0.238 e. The number of carbonyl (C=O) groups is 2. The van der Waals surface area contributed by atoms with E-state index in [4.69, 9.17) is 11.6 Å². The molecule has 0 radical (unpaired) electrons. The van der Waals surface area contributed by atoms with Gasteiger partial charge in [-0.1, -0.05) is 17.7 Å². The summed E-state index contributed by atoms with van der Waals surface area (Å²) in [5.74, 6) is -0.0955. The summed E-state index contributed by atoms with van der Waals surface area (Å²) in [6, 6.07) is 7.78. The third kappa shape index (κ3) is 4.74. The molecular weight excluding hydrogens is 364 g/mol. The molecule has 27 heavy (non-hydrogen) atoms. The van der Waals surface area contributed by atoms with E-state index in [1.54, 1.807) is 0 Å². The van der Waals surface area contributed by atoms with Crippen molar-refractivity contribution in [1.82, 2.24) is 15.1 Å². The van der Waals surface area contributed by atoms with Gasteiger partial charge in [0, 0.05) is 43.4 Å². The summed E-state index contributed by atoms with van der Waals surface area (Å²) in [7, 11) is 4.02. The minimum absolute atomic E-state index is 0.00152. The lowest BCUT2D eigenvalue weighted by atomic mass is 10.0. The number of benzene rings is 1. The van der Waals surface area contributed by atoms with Crippen molar-refractivity contribution in [3.63, 3.8) is 0 Å². The van der Waals surface area contributed by atoms with E-state index in [1.807, 2.05) is 43.3 Å². The average Bonchev–Trinajstić information content (AvgIpc) is 3.46. The summed E-state index contributed by atoms with van der Waals surface area (Å²) in [6.45, 7) is 4.34. The number of nitrogens with one attached hydrogen (secondary N) is 1. The Kier molecular flexibility index (Phi) is 6.27. The van der Waals surface area contributed by atoms with E-state index in [9.17, 15) is 9.59 Å². The highest BCUT2D eigenvalue weighted by molar-refractivity contribution is 6.30. The van der Waals surface area contributed by atoms with Gasteiger partial charge < -0.3 is 20.0 Å². The minimum atomic E-state index is -0.809. The van der Waals surface area contributed by atoms with E-state index in [-0.39, 0.29) is 11.8 Å². The van der Waals surface area contributed by atoms with Gasteiger partial charge in [-0.2, -0.15) is 0 Å². The molecule has 1 aliphatic heterocycles. The van der Waals surface area contributed by atoms with E-state index in [1.165, 1.54) is 0 Å². The topological polar surface area (TPSA) is 55.9 Å². The van der Waals surface area contributed by atoms with Crippen LogP contribution in [0.3, 0.4) is 0 Å². The van der Waals surface area contributed by atoms with Gasteiger partial charge in [-0.05, 0) is 58.1 Å². The number of piperazine rings is 1. The van der Waals surface area contributed by atoms with Crippen molar-refractivity contribution < 1.29 is 9.59 Å². The quantitative estimate of drug-likeness (QED) is 0.568. The van der Waals surface area contributed by atoms with Crippen LogP contribution in [0.1, 0.15) is 19.3 Å². The fourth-order valence-corrected chi connectivity index (χ4v) is 3.76. The Morgan fingerprint density at radius 1 is 1.19 bits per heavy atom. The van der Waals surface area contributed by atoms with E-state index in [2.05, 4.69) is 15.1 Å². The Morgan fingerprint density at radius 2 is 1.89 bits per heavy atom. The van der Waals surface area contributed by atoms with Gasteiger partial charge in [-0.3, -0.25) is 9.59 Å². The predicted octanol–water partition coefficient (Wildman–Crippen LogP) is 1.84. The van der Waals surface area contributed by atoms with Crippen LogP contribution < -0.4 is 10.2 Å². The second kappa shape index (κ2) is 8.48. The van der Waals surface area contributed by atoms with Gasteiger partial charge in [0.15, 0.2) is 0 Å². The second-order valence-electron chi connectivity index (χ2n) is 7.75. The number of amides is 2. The van der Waals surface area contributed by atoms with Crippen LogP contribution >= 0.6 is 11.6 Å². The summed E-state index contributed by atoms with van der Waals surface area (Å²) < 4.78 is 0. The van der Waals surface area contributed by atoms with Gasteiger partial charge in [0.05, 0.1) is 0 Å². The maximum Gasteiger partial charge on any atom is 0.238 e. The lowest BCUT2D eigenvalue weighted by Gasteiger charge is -2.37. The standard InChI is InChI=1S/C20H29ClN4O2/c1-23(2)10-4-9-22-18(26)20(7-8-20)19(27)25-13-11-24(12-14-25)17-6-3-5-16(21)15-17/h3,5-6,15H,4,7-14H2,1-2H3,(H,22,26). The molecule has 2 amide bonds. The Labute approximate surface area is 166 Å². The lowest BCUT2D eigenvalue weighted by molar-refractivity contribution is -0.144. The number of hydrogen-bond acceptors (Lipinski definition) is 4. The first-order chi connectivity index (χ1) is 12.9. The highest BCUT2D eigenvalue weighted by Gasteiger charge is 2.58. The number of carbonyl (C=O) groups excluding carboxylic acids is 2. The summed E-state index contributed by atoms with van der Waals surface area (Å²) in [5, 5.41) is 3.68. The highest BCUT2D eigenvalue weighted by Crippen LogP contribution is 2.47. The van der Waals surface area contributed by atoms with E-state index >= 15 is 0 Å². The van der Waals surface area contributed by atoms with Gasteiger partial charge in [-0.25, -0.2) is 0 Å². The fourth-order valence-electron chi connectivity index (χ4n) is 3.57. The molecule has 0 aromatic heterocycles. The molecule has 1 saturated heterocycles. The second-order valence-corrected chi connectivity index (χ2v) is 8.19. The number of halogens is 1.